The lowest BCUT2D eigenvalue weighted by Crippen LogP contribution is -2.15. The monoisotopic (exact) mass is 405 g/mol. The third kappa shape index (κ3) is 5.73. The molecule has 1 amide bonds. The summed E-state index contributed by atoms with van der Waals surface area (Å²) in [7, 11) is 0. The summed E-state index contributed by atoms with van der Waals surface area (Å²) in [5.41, 5.74) is 4.54. The molecular formula is C27H23N3O. The zero-order valence-corrected chi connectivity index (χ0v) is 17.1. The second-order valence-corrected chi connectivity index (χ2v) is 7.13. The van der Waals surface area contributed by atoms with E-state index in [1.807, 2.05) is 103 Å². The molecule has 1 N–H and O–H groups in total. The fraction of sp³-hybridized carbons (Fsp3) is 0.0741. The van der Waals surface area contributed by atoms with Crippen molar-refractivity contribution in [3.8, 4) is 11.3 Å². The van der Waals surface area contributed by atoms with Crippen molar-refractivity contribution in [1.29, 1.82) is 0 Å². The number of aryl methyl sites for hydroxylation is 1. The number of aromatic nitrogens is 2. The van der Waals surface area contributed by atoms with Crippen molar-refractivity contribution in [3.63, 3.8) is 0 Å². The first-order chi connectivity index (χ1) is 15.3. The largest absolute Gasteiger partial charge is 0.309 e. The van der Waals surface area contributed by atoms with Crippen molar-refractivity contribution in [2.24, 2.45) is 0 Å². The molecule has 31 heavy (non-hydrogen) atoms. The van der Waals surface area contributed by atoms with Crippen LogP contribution in [0.1, 0.15) is 23.2 Å². The summed E-state index contributed by atoms with van der Waals surface area (Å²) in [5.74, 6) is 0.380. The zero-order chi connectivity index (χ0) is 21.3. The molecule has 0 saturated carbocycles. The van der Waals surface area contributed by atoms with Crippen molar-refractivity contribution in [2.45, 2.75) is 12.8 Å². The smallest absolute Gasteiger partial charge is 0.225 e. The number of benzene rings is 3. The Hall–Kier alpha value is -4.05. The number of rotatable bonds is 7. The predicted molar refractivity (Wildman–Crippen MR) is 126 cm³/mol. The van der Waals surface area contributed by atoms with Gasteiger partial charge in [-0.1, -0.05) is 97.1 Å². The van der Waals surface area contributed by atoms with Crippen molar-refractivity contribution < 1.29 is 4.79 Å². The van der Waals surface area contributed by atoms with Gasteiger partial charge in [-0.2, -0.15) is 0 Å². The summed E-state index contributed by atoms with van der Waals surface area (Å²) in [6.07, 6.45) is 6.62. The fourth-order valence-electron chi connectivity index (χ4n) is 3.20. The van der Waals surface area contributed by atoms with Gasteiger partial charge in [-0.05, 0) is 23.6 Å². The van der Waals surface area contributed by atoms with E-state index in [1.165, 1.54) is 0 Å². The van der Waals surface area contributed by atoms with Crippen LogP contribution in [0, 0.1) is 0 Å². The lowest BCUT2D eigenvalue weighted by Gasteiger charge is -2.09. The molecule has 3 aromatic carbocycles. The van der Waals surface area contributed by atoms with E-state index >= 15 is 0 Å². The molecule has 4 nitrogen and oxygen atoms in total. The Balaban J connectivity index is 1.56. The molecule has 0 aliphatic heterocycles. The molecule has 0 unspecified atom stereocenters. The highest BCUT2D eigenvalue weighted by Gasteiger charge is 2.11. The highest BCUT2D eigenvalue weighted by molar-refractivity contribution is 5.92. The highest BCUT2D eigenvalue weighted by atomic mass is 16.1. The number of carbonyl (C=O) groups is 1. The molecule has 1 aromatic heterocycles. The minimum atomic E-state index is -0.0834. The molecule has 0 atom stereocenters. The Bertz CT molecular complexity index is 1160. The van der Waals surface area contributed by atoms with E-state index in [4.69, 9.17) is 4.98 Å². The number of hydrogen-bond acceptors (Lipinski definition) is 3. The van der Waals surface area contributed by atoms with Gasteiger partial charge in [0.25, 0.3) is 0 Å². The zero-order valence-electron chi connectivity index (χ0n) is 17.1. The number of hydrogen-bond donors (Lipinski definition) is 1. The van der Waals surface area contributed by atoms with Crippen LogP contribution >= 0.6 is 0 Å². The Morgan fingerprint density at radius 1 is 0.806 bits per heavy atom. The quantitative estimate of drug-likeness (QED) is 0.417. The normalized spacial score (nSPS) is 10.8. The molecule has 0 radical (unpaired) electrons. The third-order valence-electron chi connectivity index (χ3n) is 4.84. The first-order valence-corrected chi connectivity index (χ1v) is 10.3. The molecule has 0 aliphatic rings. The minimum absolute atomic E-state index is 0.0834. The van der Waals surface area contributed by atoms with E-state index in [0.29, 0.717) is 24.4 Å². The van der Waals surface area contributed by atoms with E-state index in [0.717, 1.165) is 22.4 Å². The van der Waals surface area contributed by atoms with Gasteiger partial charge in [0.1, 0.15) is 5.69 Å². The van der Waals surface area contributed by atoms with E-state index in [2.05, 4.69) is 10.3 Å². The molecule has 0 aliphatic carbocycles. The van der Waals surface area contributed by atoms with Crippen molar-refractivity contribution in [2.75, 3.05) is 5.32 Å². The van der Waals surface area contributed by atoms with Gasteiger partial charge < -0.3 is 5.32 Å². The second kappa shape index (κ2) is 10.1. The van der Waals surface area contributed by atoms with Crippen LogP contribution in [0.3, 0.4) is 0 Å². The van der Waals surface area contributed by atoms with E-state index in [1.54, 1.807) is 6.20 Å². The van der Waals surface area contributed by atoms with Crippen LogP contribution in [0.25, 0.3) is 23.4 Å². The summed E-state index contributed by atoms with van der Waals surface area (Å²) in [5, 5.41) is 2.93. The molecule has 4 aromatic rings. The number of anilines is 1. The Labute approximate surface area is 182 Å². The van der Waals surface area contributed by atoms with Crippen LogP contribution in [-0.4, -0.2) is 15.9 Å². The summed E-state index contributed by atoms with van der Waals surface area (Å²) >= 11 is 0. The van der Waals surface area contributed by atoms with Crippen molar-refractivity contribution in [1.82, 2.24) is 9.97 Å². The average Bonchev–Trinajstić information content (AvgIpc) is 2.84. The van der Waals surface area contributed by atoms with Crippen LogP contribution in [0.2, 0.25) is 0 Å². The van der Waals surface area contributed by atoms with Crippen LogP contribution in [0.5, 0.6) is 0 Å². The van der Waals surface area contributed by atoms with Gasteiger partial charge in [-0.3, -0.25) is 4.79 Å². The SMILES string of the molecule is O=C(CCc1ccccc1)Nc1ncc(-c2ccccc2)nc1/C=C/c1ccccc1. The average molecular weight is 406 g/mol. The van der Waals surface area contributed by atoms with Crippen molar-refractivity contribution in [3.05, 3.63) is 114 Å². The second-order valence-electron chi connectivity index (χ2n) is 7.13. The lowest BCUT2D eigenvalue weighted by atomic mass is 10.1. The summed E-state index contributed by atoms with van der Waals surface area (Å²) in [4.78, 5) is 21.8. The summed E-state index contributed by atoms with van der Waals surface area (Å²) < 4.78 is 0. The molecular weight excluding hydrogens is 382 g/mol. The van der Waals surface area contributed by atoms with Gasteiger partial charge >= 0.3 is 0 Å². The van der Waals surface area contributed by atoms with E-state index < -0.39 is 0 Å². The first kappa shape index (κ1) is 20.2. The fourth-order valence-corrected chi connectivity index (χ4v) is 3.20. The summed E-state index contributed by atoms with van der Waals surface area (Å²) in [6, 6.07) is 29.8. The van der Waals surface area contributed by atoms with Gasteiger partial charge in [-0.15, -0.1) is 0 Å². The first-order valence-electron chi connectivity index (χ1n) is 10.3. The maximum absolute atomic E-state index is 12.6. The number of carbonyl (C=O) groups excluding carboxylic acids is 1. The van der Waals surface area contributed by atoms with Gasteiger partial charge in [-0.25, -0.2) is 9.97 Å². The van der Waals surface area contributed by atoms with Gasteiger partial charge in [0.15, 0.2) is 5.82 Å². The molecule has 0 bridgehead atoms. The molecule has 0 fully saturated rings. The maximum Gasteiger partial charge on any atom is 0.225 e. The minimum Gasteiger partial charge on any atom is -0.309 e. The third-order valence-corrected chi connectivity index (χ3v) is 4.84. The molecule has 0 saturated heterocycles. The number of amides is 1. The van der Waals surface area contributed by atoms with Crippen LogP contribution in [-0.2, 0) is 11.2 Å². The van der Waals surface area contributed by atoms with E-state index in [9.17, 15) is 4.79 Å². The standard InChI is InChI=1S/C27H23N3O/c31-26(19-17-22-12-6-2-7-13-22)30-27-24(18-16-21-10-4-1-5-11-21)29-25(20-28-27)23-14-8-3-9-15-23/h1-16,18,20H,17,19H2,(H,28,30,31)/b18-16+. The maximum atomic E-state index is 12.6. The molecule has 4 heteroatoms. The molecule has 152 valence electrons. The van der Waals surface area contributed by atoms with Crippen molar-refractivity contribution >= 4 is 23.9 Å². The molecule has 1 heterocycles. The molecule has 0 spiro atoms. The van der Waals surface area contributed by atoms with E-state index in [-0.39, 0.29) is 5.91 Å². The van der Waals surface area contributed by atoms with Gasteiger partial charge in [0.05, 0.1) is 11.9 Å². The Kier molecular flexibility index (Phi) is 6.61. The Morgan fingerprint density at radius 2 is 1.45 bits per heavy atom. The lowest BCUT2D eigenvalue weighted by molar-refractivity contribution is -0.116. The van der Waals surface area contributed by atoms with Gasteiger partial charge in [0, 0.05) is 12.0 Å². The number of nitrogens with one attached hydrogen (secondary N) is 1. The molecule has 4 rings (SSSR count). The van der Waals surface area contributed by atoms with Crippen LogP contribution in [0.15, 0.2) is 97.2 Å². The summed E-state index contributed by atoms with van der Waals surface area (Å²) in [6.45, 7) is 0. The van der Waals surface area contributed by atoms with Gasteiger partial charge in [0.2, 0.25) is 5.91 Å². The number of nitrogens with zero attached hydrogens (tertiary/aromatic N) is 2. The van der Waals surface area contributed by atoms with Crippen LogP contribution in [0.4, 0.5) is 5.82 Å². The Morgan fingerprint density at radius 3 is 2.16 bits per heavy atom. The van der Waals surface area contributed by atoms with Crippen LogP contribution < -0.4 is 5.32 Å². The predicted octanol–water partition coefficient (Wildman–Crippen LogP) is 5.89. The topological polar surface area (TPSA) is 54.9 Å². The highest BCUT2D eigenvalue weighted by Crippen LogP contribution is 2.21.